The van der Waals surface area contributed by atoms with E-state index in [1.807, 2.05) is 45.0 Å². The van der Waals surface area contributed by atoms with Crippen LogP contribution in [0.4, 0.5) is 22.0 Å². The molecule has 0 radical (unpaired) electrons. The van der Waals surface area contributed by atoms with E-state index in [2.05, 4.69) is 22.5 Å². The molecule has 2 amide bonds. The molecule has 3 aromatic carbocycles. The molecule has 2 saturated heterocycles. The molecule has 3 aliphatic rings. The molecule has 54 heavy (non-hydrogen) atoms. The first-order chi connectivity index (χ1) is 25.7. The maximum absolute atomic E-state index is 14.2. The zero-order chi connectivity index (χ0) is 38.9. The fraction of sp³-hybridized carbons (Fsp3) is 0.512. The summed E-state index contributed by atoms with van der Waals surface area (Å²) >= 11 is 0. The van der Waals surface area contributed by atoms with Crippen molar-refractivity contribution in [2.75, 3.05) is 6.54 Å². The van der Waals surface area contributed by atoms with Gasteiger partial charge in [0.05, 0.1) is 24.9 Å². The van der Waals surface area contributed by atoms with Crippen molar-refractivity contribution >= 4 is 11.8 Å². The van der Waals surface area contributed by atoms with E-state index in [9.17, 15) is 36.6 Å². The third kappa shape index (κ3) is 8.49. The number of ether oxygens (including phenoxy) is 2. The van der Waals surface area contributed by atoms with Crippen LogP contribution in [0.15, 0.2) is 48.5 Å². The van der Waals surface area contributed by atoms with Gasteiger partial charge >= 0.3 is 0 Å². The lowest BCUT2D eigenvalue weighted by molar-refractivity contribution is -0.278. The Morgan fingerprint density at radius 2 is 1.39 bits per heavy atom. The van der Waals surface area contributed by atoms with Crippen molar-refractivity contribution in [1.29, 1.82) is 0 Å². The minimum Gasteiger partial charge on any atom is -0.392 e. The van der Waals surface area contributed by atoms with Gasteiger partial charge in [-0.3, -0.25) is 14.5 Å². The molecule has 0 unspecified atom stereocenters. The van der Waals surface area contributed by atoms with Crippen LogP contribution in [0.1, 0.15) is 111 Å². The Labute approximate surface area is 312 Å². The van der Waals surface area contributed by atoms with Gasteiger partial charge in [-0.05, 0) is 69.1 Å². The van der Waals surface area contributed by atoms with E-state index in [0.29, 0.717) is 23.6 Å². The van der Waals surface area contributed by atoms with Crippen LogP contribution in [0.25, 0.3) is 0 Å². The van der Waals surface area contributed by atoms with Crippen LogP contribution < -0.4 is 10.6 Å². The minimum atomic E-state index is -2.34. The molecule has 3 N–H and O–H groups in total. The van der Waals surface area contributed by atoms with Gasteiger partial charge in [-0.1, -0.05) is 68.3 Å². The van der Waals surface area contributed by atoms with E-state index >= 15 is 0 Å². The number of nitrogens with one attached hydrogen (secondary N) is 2. The Hall–Kier alpha value is -3.91. The summed E-state index contributed by atoms with van der Waals surface area (Å²) in [4.78, 5) is 28.7. The van der Waals surface area contributed by atoms with Gasteiger partial charge in [0.2, 0.25) is 11.7 Å². The van der Waals surface area contributed by atoms with Crippen LogP contribution >= 0.6 is 0 Å². The molecule has 13 heteroatoms. The third-order valence-corrected chi connectivity index (χ3v) is 11.0. The maximum atomic E-state index is 14.2. The van der Waals surface area contributed by atoms with E-state index in [0.717, 1.165) is 43.2 Å². The normalized spacial score (nSPS) is 26.2. The van der Waals surface area contributed by atoms with Crippen molar-refractivity contribution in [3.63, 3.8) is 0 Å². The standard InChI is InChI=1S/C41H48F5N3O5/c1-22-30(20-49-28-8-6-5-7-25(28)17-18-29(49)38(51)48-41(2,3)4)53-40(54-37(22)26-13-11-24(21-50)12-14-26)27-15-9-23(10-16-27)19-47-39(52)31-32(42)34(44)36(46)35(45)33(31)43/h9-16,22,25,28-30,37,40,50H,5-8,17-21H2,1-4H3,(H,47,52)(H,48,51)/t22-,25+,28+,29+,30+,37+,40+/m0/s1. The summed E-state index contributed by atoms with van der Waals surface area (Å²) in [7, 11) is 0. The second kappa shape index (κ2) is 16.4. The van der Waals surface area contributed by atoms with Gasteiger partial charge in [-0.15, -0.1) is 0 Å². The van der Waals surface area contributed by atoms with Crippen LogP contribution in [0, 0.1) is 40.9 Å². The summed E-state index contributed by atoms with van der Waals surface area (Å²) in [5.41, 5.74) is 0.855. The van der Waals surface area contributed by atoms with Crippen molar-refractivity contribution < 1.29 is 46.1 Å². The number of amides is 2. The van der Waals surface area contributed by atoms with E-state index in [1.165, 1.54) is 6.42 Å². The number of likely N-dealkylation sites (tertiary alicyclic amines) is 1. The lowest BCUT2D eigenvalue weighted by Gasteiger charge is -2.51. The van der Waals surface area contributed by atoms with Crippen LogP contribution in [-0.4, -0.2) is 52.1 Å². The predicted molar refractivity (Wildman–Crippen MR) is 190 cm³/mol. The first kappa shape index (κ1) is 39.8. The number of benzene rings is 3. The highest BCUT2D eigenvalue weighted by Gasteiger charge is 2.46. The topological polar surface area (TPSA) is 100 Å². The summed E-state index contributed by atoms with van der Waals surface area (Å²) in [5.74, 6) is -12.2. The number of aliphatic hydroxyl groups excluding tert-OH is 1. The molecule has 0 aromatic heterocycles. The van der Waals surface area contributed by atoms with Gasteiger partial charge in [0.1, 0.15) is 5.56 Å². The first-order valence-corrected chi connectivity index (χ1v) is 18.6. The number of fused-ring (bicyclic) bond motifs is 1. The number of nitrogens with zero attached hydrogens (tertiary/aromatic N) is 1. The first-order valence-electron chi connectivity index (χ1n) is 18.6. The molecule has 0 spiro atoms. The number of carbonyl (C=O) groups excluding carboxylic acids is 2. The highest BCUT2D eigenvalue weighted by molar-refractivity contribution is 5.94. The number of rotatable bonds is 9. The van der Waals surface area contributed by atoms with Crippen LogP contribution in [-0.2, 0) is 27.4 Å². The van der Waals surface area contributed by atoms with Crippen molar-refractivity contribution in [2.45, 2.75) is 115 Å². The molecular formula is C41H48F5N3O5. The number of halogens is 5. The lowest BCUT2D eigenvalue weighted by atomic mass is 9.75. The molecule has 7 atom stereocenters. The monoisotopic (exact) mass is 757 g/mol. The molecule has 2 heterocycles. The number of hydrogen-bond acceptors (Lipinski definition) is 6. The average Bonchev–Trinajstić information content (AvgIpc) is 3.16. The molecule has 292 valence electrons. The summed E-state index contributed by atoms with van der Waals surface area (Å²) in [6.07, 6.45) is 4.61. The molecule has 0 bridgehead atoms. The number of carbonyl (C=O) groups is 2. The highest BCUT2D eigenvalue weighted by atomic mass is 19.2. The van der Waals surface area contributed by atoms with Gasteiger partial charge < -0.3 is 25.2 Å². The number of piperidine rings is 1. The van der Waals surface area contributed by atoms with Gasteiger partial charge in [-0.2, -0.15) is 0 Å². The minimum absolute atomic E-state index is 0.0155. The van der Waals surface area contributed by atoms with Crippen LogP contribution in [0.2, 0.25) is 0 Å². The van der Waals surface area contributed by atoms with Gasteiger partial charge in [-0.25, -0.2) is 22.0 Å². The molecule has 6 rings (SSSR count). The molecule has 8 nitrogen and oxygen atoms in total. The third-order valence-electron chi connectivity index (χ3n) is 11.0. The quantitative estimate of drug-likeness (QED) is 0.119. The number of aliphatic hydroxyl groups is 1. The fourth-order valence-electron chi connectivity index (χ4n) is 8.13. The second-order valence-corrected chi connectivity index (χ2v) is 15.8. The zero-order valence-corrected chi connectivity index (χ0v) is 30.9. The van der Waals surface area contributed by atoms with Crippen molar-refractivity contribution in [2.24, 2.45) is 11.8 Å². The summed E-state index contributed by atoms with van der Waals surface area (Å²) in [6, 6.07) is 14.2. The molecule has 1 aliphatic carbocycles. The van der Waals surface area contributed by atoms with E-state index in [-0.39, 0.29) is 48.7 Å². The number of hydrogen-bond donors (Lipinski definition) is 3. The Balaban J connectivity index is 1.24. The van der Waals surface area contributed by atoms with Gasteiger partial charge in [0, 0.05) is 36.2 Å². The fourth-order valence-corrected chi connectivity index (χ4v) is 8.13. The highest BCUT2D eigenvalue weighted by Crippen LogP contribution is 2.44. The van der Waals surface area contributed by atoms with Gasteiger partial charge in [0.15, 0.2) is 29.6 Å². The van der Waals surface area contributed by atoms with Gasteiger partial charge in [0.25, 0.3) is 5.91 Å². The van der Waals surface area contributed by atoms with E-state index in [4.69, 9.17) is 9.47 Å². The maximum Gasteiger partial charge on any atom is 0.257 e. The zero-order valence-electron chi connectivity index (χ0n) is 30.9. The smallest absolute Gasteiger partial charge is 0.257 e. The Kier molecular flexibility index (Phi) is 12.1. The SMILES string of the molecule is C[C@H]1[C@@H](CN2[C@@H](C(=O)NC(C)(C)C)CC[C@H]3CCCC[C@H]32)O[C@@H](c2ccc(CNC(=O)c3c(F)c(F)c(F)c(F)c3F)cc2)O[C@H]1c1ccc(CO)cc1. The Morgan fingerprint density at radius 1 is 0.796 bits per heavy atom. The summed E-state index contributed by atoms with van der Waals surface area (Å²) in [5, 5.41) is 15.1. The molecule has 3 fully saturated rings. The van der Waals surface area contributed by atoms with Crippen molar-refractivity contribution in [3.8, 4) is 0 Å². The lowest BCUT2D eigenvalue weighted by Crippen LogP contribution is -2.61. The summed E-state index contributed by atoms with van der Waals surface area (Å²) in [6.45, 7) is 8.17. The van der Waals surface area contributed by atoms with E-state index in [1.54, 1.807) is 24.3 Å². The Bertz CT molecular complexity index is 1790. The largest absolute Gasteiger partial charge is 0.392 e. The predicted octanol–water partition coefficient (Wildman–Crippen LogP) is 7.53. The van der Waals surface area contributed by atoms with Crippen LogP contribution in [0.5, 0.6) is 0 Å². The molecule has 3 aromatic rings. The molecule has 2 aliphatic heterocycles. The van der Waals surface area contributed by atoms with Crippen LogP contribution in [0.3, 0.4) is 0 Å². The van der Waals surface area contributed by atoms with Crippen molar-refractivity contribution in [1.82, 2.24) is 15.5 Å². The average molecular weight is 758 g/mol. The molecular weight excluding hydrogens is 709 g/mol. The molecule has 1 saturated carbocycles. The van der Waals surface area contributed by atoms with Crippen molar-refractivity contribution in [3.05, 3.63) is 105 Å². The summed E-state index contributed by atoms with van der Waals surface area (Å²) < 4.78 is 82.7. The van der Waals surface area contributed by atoms with E-state index < -0.39 is 53.0 Å². The Morgan fingerprint density at radius 3 is 2.02 bits per heavy atom. The second-order valence-electron chi connectivity index (χ2n) is 15.8.